The molecule has 0 heterocycles. The molecule has 1 unspecified atom stereocenters. The first-order chi connectivity index (χ1) is 8.68. The molecule has 0 bridgehead atoms. The highest BCUT2D eigenvalue weighted by molar-refractivity contribution is 5.69. The molecule has 0 aliphatic heterocycles. The maximum Gasteiger partial charge on any atom is 0.308 e. The molecule has 0 aromatic carbocycles. The molecule has 0 fully saturated rings. The SMILES string of the molecule is C[C@@H](O)CC(=O)O.C[C@@H](O)CC(=O)OCC(O)CO. The Morgan fingerprint density at radius 1 is 1.05 bits per heavy atom. The van der Waals surface area contributed by atoms with Crippen molar-refractivity contribution < 1.29 is 39.9 Å². The first-order valence-electron chi connectivity index (χ1n) is 5.71. The number of aliphatic carboxylic acids is 1. The van der Waals surface area contributed by atoms with Crippen LogP contribution in [0.1, 0.15) is 26.7 Å². The molecule has 0 aliphatic rings. The number of carbonyl (C=O) groups is 2. The van der Waals surface area contributed by atoms with Gasteiger partial charge in [0.1, 0.15) is 12.7 Å². The number of rotatable bonds is 7. The van der Waals surface area contributed by atoms with E-state index in [9.17, 15) is 9.59 Å². The number of esters is 1. The molecule has 0 aromatic heterocycles. The number of hydrogen-bond acceptors (Lipinski definition) is 7. The van der Waals surface area contributed by atoms with E-state index in [2.05, 4.69) is 4.74 Å². The van der Waals surface area contributed by atoms with Gasteiger partial charge in [0.05, 0.1) is 31.7 Å². The summed E-state index contributed by atoms with van der Waals surface area (Å²) >= 11 is 0. The lowest BCUT2D eigenvalue weighted by molar-refractivity contribution is -0.149. The normalized spacial score (nSPS) is 14.6. The molecule has 8 nitrogen and oxygen atoms in total. The lowest BCUT2D eigenvalue weighted by Crippen LogP contribution is -2.23. The van der Waals surface area contributed by atoms with Crippen LogP contribution in [0.15, 0.2) is 0 Å². The minimum Gasteiger partial charge on any atom is -0.481 e. The van der Waals surface area contributed by atoms with Crippen LogP contribution in [-0.4, -0.2) is 69.0 Å². The Hall–Kier alpha value is -1.22. The highest BCUT2D eigenvalue weighted by Crippen LogP contribution is 1.94. The van der Waals surface area contributed by atoms with Gasteiger partial charge in [-0.25, -0.2) is 0 Å². The molecule has 5 N–H and O–H groups in total. The van der Waals surface area contributed by atoms with Crippen LogP contribution in [-0.2, 0) is 14.3 Å². The van der Waals surface area contributed by atoms with Crippen molar-refractivity contribution in [3.05, 3.63) is 0 Å². The Morgan fingerprint density at radius 2 is 1.53 bits per heavy atom. The summed E-state index contributed by atoms with van der Waals surface area (Å²) in [6.45, 7) is 2.22. The van der Waals surface area contributed by atoms with Crippen LogP contribution in [0.25, 0.3) is 0 Å². The van der Waals surface area contributed by atoms with Crippen LogP contribution in [0.3, 0.4) is 0 Å². The maximum absolute atomic E-state index is 10.7. The standard InChI is InChI=1S/C7H14O5.C4H8O3/c1-5(9)2-7(11)12-4-6(10)3-8;1-3(5)2-4(6)7/h5-6,8-10H,2-4H2,1H3;3,5H,2H2,1H3,(H,6,7)/t5-,6?;3-/m11/s1. The van der Waals surface area contributed by atoms with Crippen molar-refractivity contribution in [3.8, 4) is 0 Å². The summed E-state index contributed by atoms with van der Waals surface area (Å²) in [7, 11) is 0. The van der Waals surface area contributed by atoms with Crippen molar-refractivity contribution >= 4 is 11.9 Å². The van der Waals surface area contributed by atoms with E-state index in [-0.39, 0.29) is 19.4 Å². The third kappa shape index (κ3) is 19.3. The predicted molar refractivity (Wildman–Crippen MR) is 64.3 cm³/mol. The number of carboxylic acids is 1. The zero-order valence-corrected chi connectivity index (χ0v) is 11.0. The summed E-state index contributed by atoms with van der Waals surface area (Å²) in [5.74, 6) is -1.55. The van der Waals surface area contributed by atoms with Gasteiger partial charge in [-0.15, -0.1) is 0 Å². The average Bonchev–Trinajstić information content (AvgIpc) is 2.23. The van der Waals surface area contributed by atoms with Gasteiger partial charge in [0.15, 0.2) is 0 Å². The van der Waals surface area contributed by atoms with Gasteiger partial charge in [0.25, 0.3) is 0 Å². The highest BCUT2D eigenvalue weighted by atomic mass is 16.5. The maximum atomic E-state index is 10.7. The van der Waals surface area contributed by atoms with Crippen molar-refractivity contribution in [2.45, 2.75) is 45.0 Å². The van der Waals surface area contributed by atoms with E-state index in [1.165, 1.54) is 13.8 Å². The summed E-state index contributed by atoms with van der Waals surface area (Å²) < 4.78 is 4.50. The van der Waals surface area contributed by atoms with E-state index in [0.29, 0.717) is 0 Å². The van der Waals surface area contributed by atoms with Crippen molar-refractivity contribution in [2.75, 3.05) is 13.2 Å². The van der Waals surface area contributed by atoms with Crippen LogP contribution in [0.5, 0.6) is 0 Å². The Morgan fingerprint density at radius 3 is 1.79 bits per heavy atom. The highest BCUT2D eigenvalue weighted by Gasteiger charge is 2.09. The second-order valence-electron chi connectivity index (χ2n) is 4.02. The molecular formula is C11H22O8. The molecule has 0 amide bonds. The lowest BCUT2D eigenvalue weighted by atomic mass is 10.3. The van der Waals surface area contributed by atoms with Gasteiger partial charge in [-0.05, 0) is 13.8 Å². The number of aliphatic hydroxyl groups excluding tert-OH is 4. The van der Waals surface area contributed by atoms with Gasteiger partial charge in [-0.2, -0.15) is 0 Å². The van der Waals surface area contributed by atoms with E-state index in [0.717, 1.165) is 0 Å². The molecule has 0 spiro atoms. The molecule has 114 valence electrons. The van der Waals surface area contributed by atoms with Gasteiger partial charge < -0.3 is 30.3 Å². The molecule has 3 atom stereocenters. The molecule has 0 saturated heterocycles. The smallest absolute Gasteiger partial charge is 0.308 e. The molecule has 0 rings (SSSR count). The summed E-state index contributed by atoms with van der Waals surface area (Å²) in [5.41, 5.74) is 0. The lowest BCUT2D eigenvalue weighted by Gasteiger charge is -2.08. The van der Waals surface area contributed by atoms with Crippen LogP contribution < -0.4 is 0 Å². The molecule has 19 heavy (non-hydrogen) atoms. The van der Waals surface area contributed by atoms with E-state index >= 15 is 0 Å². The Kier molecular flexibility index (Phi) is 12.5. The van der Waals surface area contributed by atoms with Gasteiger partial charge in [0, 0.05) is 0 Å². The van der Waals surface area contributed by atoms with Gasteiger partial charge in [0.2, 0.25) is 0 Å². The zero-order chi connectivity index (χ0) is 15.4. The van der Waals surface area contributed by atoms with E-state index in [4.69, 9.17) is 25.5 Å². The topological polar surface area (TPSA) is 145 Å². The third-order valence-electron chi connectivity index (χ3n) is 1.58. The average molecular weight is 282 g/mol. The molecule has 0 aromatic rings. The van der Waals surface area contributed by atoms with E-state index in [1.54, 1.807) is 0 Å². The first-order valence-corrected chi connectivity index (χ1v) is 5.71. The van der Waals surface area contributed by atoms with E-state index < -0.39 is 36.9 Å². The summed E-state index contributed by atoms with van der Waals surface area (Å²) in [5, 5.41) is 42.1. The summed E-state index contributed by atoms with van der Waals surface area (Å²) in [6.07, 6.45) is -2.78. The Bertz CT molecular complexity index is 251. The molecule has 0 saturated carbocycles. The van der Waals surface area contributed by atoms with Crippen molar-refractivity contribution in [1.29, 1.82) is 0 Å². The van der Waals surface area contributed by atoms with Crippen LogP contribution in [0.4, 0.5) is 0 Å². The van der Waals surface area contributed by atoms with Crippen molar-refractivity contribution in [2.24, 2.45) is 0 Å². The number of aliphatic hydroxyl groups is 4. The molecular weight excluding hydrogens is 260 g/mol. The monoisotopic (exact) mass is 282 g/mol. The first kappa shape index (κ1) is 20.1. The zero-order valence-electron chi connectivity index (χ0n) is 11.0. The quantitative estimate of drug-likeness (QED) is 0.355. The minimum atomic E-state index is -1.04. The predicted octanol–water partition coefficient (Wildman–Crippen LogP) is -1.50. The summed E-state index contributed by atoms with van der Waals surface area (Å²) in [6, 6.07) is 0. The molecule has 8 heteroatoms. The summed E-state index contributed by atoms with van der Waals surface area (Å²) in [4.78, 5) is 20.3. The van der Waals surface area contributed by atoms with Crippen LogP contribution >= 0.6 is 0 Å². The molecule has 0 radical (unpaired) electrons. The number of carboxylic acid groups (broad SMARTS) is 1. The second kappa shape index (κ2) is 11.8. The van der Waals surface area contributed by atoms with Gasteiger partial charge >= 0.3 is 11.9 Å². The fourth-order valence-electron chi connectivity index (χ4n) is 0.795. The van der Waals surface area contributed by atoms with Gasteiger partial charge in [-0.3, -0.25) is 9.59 Å². The largest absolute Gasteiger partial charge is 0.481 e. The van der Waals surface area contributed by atoms with Crippen molar-refractivity contribution in [3.63, 3.8) is 0 Å². The fourth-order valence-corrected chi connectivity index (χ4v) is 0.795. The van der Waals surface area contributed by atoms with Crippen molar-refractivity contribution in [1.82, 2.24) is 0 Å². The Balaban J connectivity index is 0. The van der Waals surface area contributed by atoms with Crippen LogP contribution in [0.2, 0.25) is 0 Å². The second-order valence-corrected chi connectivity index (χ2v) is 4.02. The van der Waals surface area contributed by atoms with Crippen LogP contribution in [0, 0.1) is 0 Å². The fraction of sp³-hybridized carbons (Fsp3) is 0.818. The number of carbonyl (C=O) groups excluding carboxylic acids is 1. The molecule has 0 aliphatic carbocycles. The Labute approximate surface area is 111 Å². The van der Waals surface area contributed by atoms with E-state index in [1.807, 2.05) is 0 Å². The minimum absolute atomic E-state index is 0.0991. The third-order valence-corrected chi connectivity index (χ3v) is 1.58. The number of ether oxygens (including phenoxy) is 1. The number of hydrogen-bond donors (Lipinski definition) is 5. The van der Waals surface area contributed by atoms with Gasteiger partial charge in [-0.1, -0.05) is 0 Å².